The molecular weight excluding hydrogens is 286 g/mol. The number of hydrogen-bond acceptors (Lipinski definition) is 2. The Hall–Kier alpha value is -3.00. The number of carbonyl (C=O) groups excluding carboxylic acids is 1. The molecule has 2 rings (SSSR count). The first kappa shape index (κ1) is 15.4. The lowest BCUT2D eigenvalue weighted by Crippen LogP contribution is -2.13. The Balaban J connectivity index is 2.28. The van der Waals surface area contributed by atoms with Gasteiger partial charge in [0.2, 0.25) is 0 Å². The summed E-state index contributed by atoms with van der Waals surface area (Å²) >= 11 is 0. The standard InChI is InChI=1S/C17H12F2N2O/c1-11-5-7-13(8-6-11)21-17(22)12(10-20)9-14-15(18)3-2-4-16(14)19/h2-9H,1H3,(H,21,22)/b12-9+. The lowest BCUT2D eigenvalue weighted by atomic mass is 10.1. The number of amides is 1. The Morgan fingerprint density at radius 1 is 1.14 bits per heavy atom. The summed E-state index contributed by atoms with van der Waals surface area (Å²) in [7, 11) is 0. The van der Waals surface area contributed by atoms with Gasteiger partial charge in [0.1, 0.15) is 23.3 Å². The Morgan fingerprint density at radius 3 is 2.27 bits per heavy atom. The van der Waals surface area contributed by atoms with Crippen molar-refractivity contribution in [3.8, 4) is 6.07 Å². The SMILES string of the molecule is Cc1ccc(NC(=O)/C(C#N)=C/c2c(F)cccc2F)cc1. The minimum atomic E-state index is -0.837. The maximum absolute atomic E-state index is 13.6. The van der Waals surface area contributed by atoms with Gasteiger partial charge in [0.15, 0.2) is 0 Å². The molecule has 1 amide bonds. The summed E-state index contributed by atoms with van der Waals surface area (Å²) in [5.41, 5.74) is 0.705. The van der Waals surface area contributed by atoms with Gasteiger partial charge in [-0.15, -0.1) is 0 Å². The van der Waals surface area contributed by atoms with Gasteiger partial charge in [-0.25, -0.2) is 8.78 Å². The molecule has 2 aromatic rings. The Labute approximate surface area is 126 Å². The van der Waals surface area contributed by atoms with Crippen molar-refractivity contribution >= 4 is 17.7 Å². The third-order valence-electron chi connectivity index (χ3n) is 2.96. The highest BCUT2D eigenvalue weighted by atomic mass is 19.1. The smallest absolute Gasteiger partial charge is 0.266 e. The molecule has 0 unspecified atom stereocenters. The second kappa shape index (κ2) is 6.64. The van der Waals surface area contributed by atoms with E-state index in [4.69, 9.17) is 5.26 Å². The number of nitriles is 1. The van der Waals surface area contributed by atoms with Crippen LogP contribution >= 0.6 is 0 Å². The number of rotatable bonds is 3. The van der Waals surface area contributed by atoms with Gasteiger partial charge in [-0.1, -0.05) is 23.8 Å². The van der Waals surface area contributed by atoms with Crippen LogP contribution in [0.1, 0.15) is 11.1 Å². The predicted molar refractivity (Wildman–Crippen MR) is 79.8 cm³/mol. The molecule has 0 bridgehead atoms. The molecule has 3 nitrogen and oxygen atoms in total. The molecule has 0 radical (unpaired) electrons. The highest BCUT2D eigenvalue weighted by molar-refractivity contribution is 6.09. The Morgan fingerprint density at radius 2 is 1.73 bits per heavy atom. The summed E-state index contributed by atoms with van der Waals surface area (Å²) in [5, 5.41) is 11.5. The van der Waals surface area contributed by atoms with E-state index in [1.807, 2.05) is 6.92 Å². The molecule has 0 atom stereocenters. The Kier molecular flexibility index (Phi) is 4.64. The second-order valence-corrected chi connectivity index (χ2v) is 4.63. The number of nitrogens with zero attached hydrogens (tertiary/aromatic N) is 1. The van der Waals surface area contributed by atoms with Gasteiger partial charge >= 0.3 is 0 Å². The van der Waals surface area contributed by atoms with E-state index in [9.17, 15) is 13.6 Å². The van der Waals surface area contributed by atoms with E-state index in [0.29, 0.717) is 5.69 Å². The number of benzene rings is 2. The molecule has 0 aliphatic carbocycles. The highest BCUT2D eigenvalue weighted by Gasteiger charge is 2.13. The van der Waals surface area contributed by atoms with Crippen molar-refractivity contribution in [1.82, 2.24) is 0 Å². The molecular formula is C17H12F2N2O. The van der Waals surface area contributed by atoms with Gasteiger partial charge in [0.25, 0.3) is 5.91 Å². The average Bonchev–Trinajstić information content (AvgIpc) is 2.49. The molecule has 5 heteroatoms. The zero-order valence-corrected chi connectivity index (χ0v) is 11.7. The van der Waals surface area contributed by atoms with Crippen LogP contribution in [-0.4, -0.2) is 5.91 Å². The van der Waals surface area contributed by atoms with Crippen LogP contribution in [0, 0.1) is 29.9 Å². The quantitative estimate of drug-likeness (QED) is 0.692. The first-order valence-corrected chi connectivity index (χ1v) is 6.45. The molecule has 110 valence electrons. The summed E-state index contributed by atoms with van der Waals surface area (Å²) in [5.74, 6) is -2.40. The fraction of sp³-hybridized carbons (Fsp3) is 0.0588. The number of aryl methyl sites for hydroxylation is 1. The summed E-state index contributed by atoms with van der Waals surface area (Å²) < 4.78 is 27.1. The van der Waals surface area contributed by atoms with Crippen LogP contribution in [0.3, 0.4) is 0 Å². The molecule has 0 saturated heterocycles. The molecule has 0 saturated carbocycles. The first-order chi connectivity index (χ1) is 10.5. The third kappa shape index (κ3) is 3.55. The van der Waals surface area contributed by atoms with Crippen LogP contribution in [0.2, 0.25) is 0 Å². The van der Waals surface area contributed by atoms with E-state index in [-0.39, 0.29) is 5.57 Å². The first-order valence-electron chi connectivity index (χ1n) is 6.45. The molecule has 2 aromatic carbocycles. The van der Waals surface area contributed by atoms with Crippen molar-refractivity contribution in [2.75, 3.05) is 5.32 Å². The molecule has 0 aliphatic rings. The van der Waals surface area contributed by atoms with Crippen LogP contribution < -0.4 is 5.32 Å². The zero-order valence-electron chi connectivity index (χ0n) is 11.7. The third-order valence-corrected chi connectivity index (χ3v) is 2.96. The molecule has 1 N–H and O–H groups in total. The van der Waals surface area contributed by atoms with E-state index < -0.39 is 23.1 Å². The zero-order chi connectivity index (χ0) is 16.1. The fourth-order valence-corrected chi connectivity index (χ4v) is 1.78. The van der Waals surface area contributed by atoms with E-state index in [2.05, 4.69) is 5.32 Å². The molecule has 0 aromatic heterocycles. The van der Waals surface area contributed by atoms with Gasteiger partial charge in [0, 0.05) is 11.3 Å². The fourth-order valence-electron chi connectivity index (χ4n) is 1.78. The van der Waals surface area contributed by atoms with Crippen molar-refractivity contribution in [3.05, 3.63) is 70.8 Å². The number of nitrogens with one attached hydrogen (secondary N) is 1. The van der Waals surface area contributed by atoms with E-state index in [1.54, 1.807) is 30.3 Å². The van der Waals surface area contributed by atoms with Crippen molar-refractivity contribution in [2.45, 2.75) is 6.92 Å². The lowest BCUT2D eigenvalue weighted by molar-refractivity contribution is -0.112. The van der Waals surface area contributed by atoms with E-state index in [0.717, 1.165) is 23.8 Å². The van der Waals surface area contributed by atoms with Crippen molar-refractivity contribution in [3.63, 3.8) is 0 Å². The van der Waals surface area contributed by atoms with Crippen LogP contribution in [-0.2, 0) is 4.79 Å². The van der Waals surface area contributed by atoms with Crippen molar-refractivity contribution in [2.24, 2.45) is 0 Å². The molecule has 22 heavy (non-hydrogen) atoms. The minimum Gasteiger partial charge on any atom is -0.321 e. The molecule has 0 aliphatic heterocycles. The normalized spacial score (nSPS) is 10.9. The highest BCUT2D eigenvalue weighted by Crippen LogP contribution is 2.17. The lowest BCUT2D eigenvalue weighted by Gasteiger charge is -2.05. The Bertz CT molecular complexity index is 754. The van der Waals surface area contributed by atoms with Crippen LogP contribution in [0.25, 0.3) is 6.08 Å². The summed E-state index contributed by atoms with van der Waals surface area (Å²) in [6, 6.07) is 11.9. The van der Waals surface area contributed by atoms with Crippen molar-refractivity contribution < 1.29 is 13.6 Å². The topological polar surface area (TPSA) is 52.9 Å². The average molecular weight is 298 g/mol. The van der Waals surface area contributed by atoms with Gasteiger partial charge in [0.05, 0.1) is 0 Å². The molecule has 0 spiro atoms. The van der Waals surface area contributed by atoms with E-state index in [1.165, 1.54) is 6.07 Å². The van der Waals surface area contributed by atoms with E-state index >= 15 is 0 Å². The van der Waals surface area contributed by atoms with Gasteiger partial charge in [-0.05, 0) is 37.3 Å². The molecule has 0 heterocycles. The van der Waals surface area contributed by atoms with Crippen LogP contribution in [0.5, 0.6) is 0 Å². The monoisotopic (exact) mass is 298 g/mol. The molecule has 0 fully saturated rings. The van der Waals surface area contributed by atoms with Crippen LogP contribution in [0.4, 0.5) is 14.5 Å². The number of hydrogen-bond donors (Lipinski definition) is 1. The maximum atomic E-state index is 13.6. The van der Waals surface area contributed by atoms with Gasteiger partial charge in [-0.2, -0.15) is 5.26 Å². The maximum Gasteiger partial charge on any atom is 0.266 e. The number of carbonyl (C=O) groups is 1. The number of anilines is 1. The van der Waals surface area contributed by atoms with Crippen LogP contribution in [0.15, 0.2) is 48.0 Å². The number of halogens is 2. The summed E-state index contributed by atoms with van der Waals surface area (Å²) in [4.78, 5) is 12.0. The predicted octanol–water partition coefficient (Wildman–Crippen LogP) is 3.82. The van der Waals surface area contributed by atoms with Gasteiger partial charge in [-0.3, -0.25) is 4.79 Å². The van der Waals surface area contributed by atoms with Crippen molar-refractivity contribution in [1.29, 1.82) is 5.26 Å². The second-order valence-electron chi connectivity index (χ2n) is 4.63. The largest absolute Gasteiger partial charge is 0.321 e. The summed E-state index contributed by atoms with van der Waals surface area (Å²) in [6.07, 6.45) is 0.897. The van der Waals surface area contributed by atoms with Gasteiger partial charge < -0.3 is 5.32 Å². The summed E-state index contributed by atoms with van der Waals surface area (Å²) in [6.45, 7) is 1.90. The minimum absolute atomic E-state index is 0.385.